The second kappa shape index (κ2) is 6.48. The van der Waals surface area contributed by atoms with Crippen LogP contribution in [-0.2, 0) is 10.4 Å². The number of nitrogens with zero attached hydrogens (tertiary/aromatic N) is 1. The number of oxime groups is 1. The van der Waals surface area contributed by atoms with Crippen molar-refractivity contribution in [2.24, 2.45) is 5.16 Å². The smallest absolute Gasteiger partial charge is 0.242 e. The molecule has 1 atom stereocenters. The Morgan fingerprint density at radius 2 is 1.69 bits per heavy atom. The summed E-state index contributed by atoms with van der Waals surface area (Å²) in [5.74, 6) is -0.422. The zero-order valence-corrected chi connectivity index (χ0v) is 13.8. The van der Waals surface area contributed by atoms with Crippen LogP contribution >= 0.6 is 0 Å². The van der Waals surface area contributed by atoms with Gasteiger partial charge in [0.1, 0.15) is 5.82 Å². The van der Waals surface area contributed by atoms with E-state index < -0.39 is 24.3 Å². The van der Waals surface area contributed by atoms with Gasteiger partial charge < -0.3 is 4.84 Å². The van der Waals surface area contributed by atoms with E-state index in [0.717, 1.165) is 16.3 Å². The van der Waals surface area contributed by atoms with Crippen LogP contribution in [0.4, 0.5) is 13.2 Å². The fourth-order valence-corrected chi connectivity index (χ4v) is 3.39. The summed E-state index contributed by atoms with van der Waals surface area (Å²) in [6, 6.07) is 19.2. The van der Waals surface area contributed by atoms with Crippen LogP contribution in [0, 0.1) is 5.82 Å². The van der Waals surface area contributed by atoms with Gasteiger partial charge in [-0.3, -0.25) is 0 Å². The zero-order valence-electron chi connectivity index (χ0n) is 13.8. The Morgan fingerprint density at radius 1 is 0.962 bits per heavy atom. The average Bonchev–Trinajstić information content (AvgIpc) is 3.06. The van der Waals surface area contributed by atoms with E-state index in [-0.39, 0.29) is 6.42 Å². The largest absolute Gasteiger partial charge is 0.383 e. The van der Waals surface area contributed by atoms with Crippen molar-refractivity contribution in [2.45, 2.75) is 24.9 Å². The Kier molecular flexibility index (Phi) is 4.15. The molecule has 4 rings (SSSR count). The quantitative estimate of drug-likeness (QED) is 0.592. The van der Waals surface area contributed by atoms with Crippen LogP contribution in [0.3, 0.4) is 0 Å². The highest BCUT2D eigenvalue weighted by atomic mass is 19.3. The summed E-state index contributed by atoms with van der Waals surface area (Å²) in [6.07, 6.45) is -2.85. The minimum absolute atomic E-state index is 0.210. The van der Waals surface area contributed by atoms with Crippen molar-refractivity contribution in [2.75, 3.05) is 0 Å². The molecule has 0 saturated carbocycles. The van der Waals surface area contributed by atoms with Crippen LogP contribution in [0.2, 0.25) is 0 Å². The molecule has 0 spiro atoms. The van der Waals surface area contributed by atoms with Crippen LogP contribution in [-0.4, -0.2) is 12.1 Å². The van der Waals surface area contributed by atoms with Crippen molar-refractivity contribution in [1.82, 2.24) is 0 Å². The van der Waals surface area contributed by atoms with Crippen molar-refractivity contribution in [3.63, 3.8) is 0 Å². The molecule has 0 fully saturated rings. The maximum atomic E-state index is 13.2. The third-order valence-corrected chi connectivity index (χ3v) is 4.72. The van der Waals surface area contributed by atoms with Gasteiger partial charge in [-0.1, -0.05) is 53.7 Å². The van der Waals surface area contributed by atoms with Gasteiger partial charge >= 0.3 is 0 Å². The molecule has 26 heavy (non-hydrogen) atoms. The summed E-state index contributed by atoms with van der Waals surface area (Å²) in [5.41, 5.74) is 0.671. The predicted molar refractivity (Wildman–Crippen MR) is 94.9 cm³/mol. The van der Waals surface area contributed by atoms with Crippen molar-refractivity contribution in [3.05, 3.63) is 83.7 Å². The van der Waals surface area contributed by atoms with Gasteiger partial charge in [0.25, 0.3) is 0 Å². The normalized spacial score (nSPS) is 19.6. The summed E-state index contributed by atoms with van der Waals surface area (Å²) in [4.78, 5) is 5.54. The van der Waals surface area contributed by atoms with Gasteiger partial charge in [-0.2, -0.15) is 0 Å². The molecular formula is C21H16F3NO. The van der Waals surface area contributed by atoms with Gasteiger partial charge in [0.2, 0.25) is 6.43 Å². The van der Waals surface area contributed by atoms with E-state index in [4.69, 9.17) is 4.84 Å². The molecule has 0 aliphatic carbocycles. The Balaban J connectivity index is 1.68. The summed E-state index contributed by atoms with van der Waals surface area (Å²) < 4.78 is 39.7. The lowest BCUT2D eigenvalue weighted by Crippen LogP contribution is -2.29. The molecule has 5 heteroatoms. The first-order valence-electron chi connectivity index (χ1n) is 8.34. The molecular weight excluding hydrogens is 339 g/mol. The molecule has 0 radical (unpaired) electrons. The SMILES string of the molecule is Fc1ccc(C2(CC(F)F)CC(c3ccc4ccccc4c3)=NO2)cc1. The number of hydrogen-bond acceptors (Lipinski definition) is 2. The van der Waals surface area contributed by atoms with Gasteiger partial charge in [-0.05, 0) is 34.5 Å². The fraction of sp³-hybridized carbons (Fsp3) is 0.190. The molecule has 0 aromatic heterocycles. The lowest BCUT2D eigenvalue weighted by Gasteiger charge is -2.26. The number of benzene rings is 3. The topological polar surface area (TPSA) is 21.6 Å². The Morgan fingerprint density at radius 3 is 2.42 bits per heavy atom. The minimum atomic E-state index is -2.56. The standard InChI is InChI=1S/C21H16F3NO/c22-18-9-7-17(8-10-18)21(13-20(23)24)12-19(25-26-21)16-6-5-14-3-1-2-4-15(14)11-16/h1-11,20H,12-13H2. The molecule has 0 N–H and O–H groups in total. The first kappa shape index (κ1) is 16.6. The highest BCUT2D eigenvalue weighted by Crippen LogP contribution is 2.41. The third-order valence-electron chi connectivity index (χ3n) is 4.72. The van der Waals surface area contributed by atoms with Crippen molar-refractivity contribution >= 4 is 16.5 Å². The number of rotatable bonds is 4. The first-order valence-corrected chi connectivity index (χ1v) is 8.34. The van der Waals surface area contributed by atoms with Gasteiger partial charge in [0, 0.05) is 12.0 Å². The van der Waals surface area contributed by atoms with E-state index in [1.807, 2.05) is 42.5 Å². The first-order chi connectivity index (χ1) is 12.6. The van der Waals surface area contributed by atoms with E-state index in [2.05, 4.69) is 5.16 Å². The molecule has 1 aliphatic rings. The third kappa shape index (κ3) is 3.05. The van der Waals surface area contributed by atoms with E-state index in [9.17, 15) is 13.2 Å². The van der Waals surface area contributed by atoms with E-state index in [1.54, 1.807) is 0 Å². The molecule has 0 bridgehead atoms. The van der Waals surface area contributed by atoms with Crippen LogP contribution < -0.4 is 0 Å². The average molecular weight is 355 g/mol. The molecule has 3 aromatic rings. The second-order valence-electron chi connectivity index (χ2n) is 6.46. The Hall–Kier alpha value is -2.82. The highest BCUT2D eigenvalue weighted by Gasteiger charge is 2.43. The maximum Gasteiger partial charge on any atom is 0.242 e. The predicted octanol–water partition coefficient (Wildman–Crippen LogP) is 5.65. The van der Waals surface area contributed by atoms with Crippen LogP contribution in [0.25, 0.3) is 10.8 Å². The van der Waals surface area contributed by atoms with E-state index in [0.29, 0.717) is 11.3 Å². The Bertz CT molecular complexity index is 968. The molecule has 2 nitrogen and oxygen atoms in total. The highest BCUT2D eigenvalue weighted by molar-refractivity contribution is 6.04. The van der Waals surface area contributed by atoms with Crippen LogP contribution in [0.1, 0.15) is 24.0 Å². The molecule has 1 aliphatic heterocycles. The van der Waals surface area contributed by atoms with Crippen molar-refractivity contribution < 1.29 is 18.0 Å². The number of fused-ring (bicyclic) bond motifs is 1. The number of alkyl halides is 2. The van der Waals surface area contributed by atoms with Crippen molar-refractivity contribution in [1.29, 1.82) is 0 Å². The number of halogens is 3. The molecule has 0 saturated heterocycles. The van der Waals surface area contributed by atoms with Crippen molar-refractivity contribution in [3.8, 4) is 0 Å². The number of hydrogen-bond donors (Lipinski definition) is 0. The lowest BCUT2D eigenvalue weighted by atomic mass is 9.84. The van der Waals surface area contributed by atoms with Gasteiger partial charge in [0.15, 0.2) is 5.60 Å². The summed E-state index contributed by atoms with van der Waals surface area (Å²) in [7, 11) is 0. The van der Waals surface area contributed by atoms with E-state index in [1.165, 1.54) is 24.3 Å². The summed E-state index contributed by atoms with van der Waals surface area (Å²) in [5, 5.41) is 6.24. The molecule has 3 aromatic carbocycles. The lowest BCUT2D eigenvalue weighted by molar-refractivity contribution is -0.0651. The fourth-order valence-electron chi connectivity index (χ4n) is 3.39. The minimum Gasteiger partial charge on any atom is -0.383 e. The monoisotopic (exact) mass is 355 g/mol. The summed E-state index contributed by atoms with van der Waals surface area (Å²) >= 11 is 0. The summed E-state index contributed by atoms with van der Waals surface area (Å²) in [6.45, 7) is 0. The maximum absolute atomic E-state index is 13.2. The molecule has 1 unspecified atom stereocenters. The van der Waals surface area contributed by atoms with Gasteiger partial charge in [0.05, 0.1) is 12.1 Å². The van der Waals surface area contributed by atoms with E-state index >= 15 is 0 Å². The van der Waals surface area contributed by atoms with Gasteiger partial charge in [-0.15, -0.1) is 0 Å². The molecule has 1 heterocycles. The molecule has 0 amide bonds. The zero-order chi connectivity index (χ0) is 18.1. The Labute approximate surface area is 148 Å². The van der Waals surface area contributed by atoms with Crippen LogP contribution in [0.5, 0.6) is 0 Å². The van der Waals surface area contributed by atoms with Gasteiger partial charge in [-0.25, -0.2) is 13.2 Å². The van der Waals surface area contributed by atoms with Crippen LogP contribution in [0.15, 0.2) is 71.9 Å². The molecule has 132 valence electrons. The second-order valence-corrected chi connectivity index (χ2v) is 6.46.